The van der Waals surface area contributed by atoms with Crippen molar-refractivity contribution in [3.63, 3.8) is 0 Å². The number of aryl methyl sites for hydroxylation is 8. The molecule has 0 amide bonds. The average molecular weight is 445 g/mol. The van der Waals surface area contributed by atoms with E-state index in [1.165, 1.54) is 33.4 Å². The minimum atomic E-state index is 0. The Kier molecular flexibility index (Phi) is 14.6. The largest absolute Gasteiger partial charge is 0.264 e. The standard InChI is InChI=1S/4C7H9N.CH4/c2*1-6-3-4-8-5-7(6)2;2*1-6-4-3-5-8-7(6)2;/h4*3-5H,1-2H3;1H4. The van der Waals surface area contributed by atoms with Crippen LogP contribution >= 0.6 is 0 Å². The van der Waals surface area contributed by atoms with E-state index in [9.17, 15) is 0 Å². The monoisotopic (exact) mass is 444 g/mol. The second kappa shape index (κ2) is 16.3. The van der Waals surface area contributed by atoms with Crippen LogP contribution < -0.4 is 0 Å². The number of rotatable bonds is 0. The summed E-state index contributed by atoms with van der Waals surface area (Å²) in [5, 5.41) is 0. The summed E-state index contributed by atoms with van der Waals surface area (Å²) >= 11 is 0. The summed E-state index contributed by atoms with van der Waals surface area (Å²) in [7, 11) is 0. The predicted octanol–water partition coefficient (Wildman–Crippen LogP) is 7.43. The zero-order valence-corrected chi connectivity index (χ0v) is 20.7. The fraction of sp³-hybridized carbons (Fsp3) is 0.310. The first-order valence-electron chi connectivity index (χ1n) is 10.7. The number of aromatic nitrogens is 4. The summed E-state index contributed by atoms with van der Waals surface area (Å²) in [6.07, 6.45) is 11.0. The second-order valence-corrected chi connectivity index (χ2v) is 7.73. The number of nitrogens with zero attached hydrogens (tertiary/aromatic N) is 4. The summed E-state index contributed by atoms with van der Waals surface area (Å²) in [6, 6.07) is 12.0. The van der Waals surface area contributed by atoms with E-state index in [0.29, 0.717) is 0 Å². The summed E-state index contributed by atoms with van der Waals surface area (Å²) < 4.78 is 0. The summed E-state index contributed by atoms with van der Waals surface area (Å²) in [5.41, 5.74) is 9.88. The topological polar surface area (TPSA) is 51.6 Å². The van der Waals surface area contributed by atoms with E-state index < -0.39 is 0 Å². The molecule has 0 fully saturated rings. The van der Waals surface area contributed by atoms with E-state index in [0.717, 1.165) is 11.4 Å². The molecule has 4 heteroatoms. The maximum absolute atomic E-state index is 4.08. The van der Waals surface area contributed by atoms with Crippen LogP contribution in [0.5, 0.6) is 0 Å². The first-order chi connectivity index (χ1) is 15.2. The van der Waals surface area contributed by atoms with Gasteiger partial charge in [-0.3, -0.25) is 19.9 Å². The number of hydrogen-bond donors (Lipinski definition) is 0. The average Bonchev–Trinajstić information content (AvgIpc) is 2.78. The van der Waals surface area contributed by atoms with Crippen molar-refractivity contribution in [3.8, 4) is 0 Å². The molecule has 0 saturated carbocycles. The van der Waals surface area contributed by atoms with Gasteiger partial charge in [0, 0.05) is 48.6 Å². The lowest BCUT2D eigenvalue weighted by Crippen LogP contribution is -1.81. The van der Waals surface area contributed by atoms with Crippen molar-refractivity contribution < 1.29 is 0 Å². The van der Waals surface area contributed by atoms with Crippen LogP contribution in [0.1, 0.15) is 52.2 Å². The Balaban J connectivity index is 0.000000410. The molecule has 0 aromatic carbocycles. The zero-order chi connectivity index (χ0) is 23.9. The fourth-order valence-electron chi connectivity index (χ4n) is 2.22. The molecule has 4 rings (SSSR count). The van der Waals surface area contributed by atoms with Crippen molar-refractivity contribution in [1.29, 1.82) is 0 Å². The highest BCUT2D eigenvalue weighted by atomic mass is 14.7. The lowest BCUT2D eigenvalue weighted by Gasteiger charge is -1.92. The molecule has 0 radical (unpaired) electrons. The van der Waals surface area contributed by atoms with Crippen LogP contribution in [-0.4, -0.2) is 19.9 Å². The van der Waals surface area contributed by atoms with Crippen LogP contribution in [0, 0.1) is 55.4 Å². The van der Waals surface area contributed by atoms with Crippen LogP contribution in [-0.2, 0) is 0 Å². The summed E-state index contributed by atoms with van der Waals surface area (Å²) in [5.74, 6) is 0. The molecule has 0 saturated heterocycles. The van der Waals surface area contributed by atoms with Crippen LogP contribution in [0.2, 0.25) is 0 Å². The van der Waals surface area contributed by atoms with Gasteiger partial charge >= 0.3 is 0 Å². The smallest absolute Gasteiger partial charge is 0.0401 e. The van der Waals surface area contributed by atoms with Gasteiger partial charge in [0.25, 0.3) is 0 Å². The van der Waals surface area contributed by atoms with E-state index in [2.05, 4.69) is 73.6 Å². The molecule has 4 aromatic heterocycles. The molecule has 0 bridgehead atoms. The van der Waals surface area contributed by atoms with Gasteiger partial charge in [0.2, 0.25) is 0 Å². The summed E-state index contributed by atoms with van der Waals surface area (Å²) in [4.78, 5) is 16.0. The van der Waals surface area contributed by atoms with Gasteiger partial charge in [-0.05, 0) is 113 Å². The van der Waals surface area contributed by atoms with E-state index >= 15 is 0 Å². The maximum Gasteiger partial charge on any atom is 0.0401 e. The van der Waals surface area contributed by atoms with Crippen LogP contribution in [0.25, 0.3) is 0 Å². The maximum atomic E-state index is 4.08. The van der Waals surface area contributed by atoms with Crippen LogP contribution in [0.4, 0.5) is 0 Å². The molecule has 0 spiro atoms. The Hall–Kier alpha value is -3.40. The van der Waals surface area contributed by atoms with Gasteiger partial charge in [-0.15, -0.1) is 0 Å². The molecule has 176 valence electrons. The molecule has 0 aliphatic carbocycles. The highest BCUT2D eigenvalue weighted by Gasteiger charge is 1.87. The predicted molar refractivity (Wildman–Crippen MR) is 142 cm³/mol. The van der Waals surface area contributed by atoms with Crippen molar-refractivity contribution in [2.45, 2.75) is 62.8 Å². The molecule has 0 aliphatic rings. The van der Waals surface area contributed by atoms with Gasteiger partial charge in [0.05, 0.1) is 0 Å². The number of hydrogen-bond acceptors (Lipinski definition) is 4. The van der Waals surface area contributed by atoms with Crippen LogP contribution in [0.3, 0.4) is 0 Å². The van der Waals surface area contributed by atoms with Gasteiger partial charge in [0.15, 0.2) is 0 Å². The highest BCUT2D eigenvalue weighted by Crippen LogP contribution is 2.01. The van der Waals surface area contributed by atoms with Crippen molar-refractivity contribution in [2.24, 2.45) is 0 Å². The lowest BCUT2D eigenvalue weighted by molar-refractivity contribution is 1.15. The molecular formula is C29H40N4. The zero-order valence-electron chi connectivity index (χ0n) is 20.7. The first-order valence-corrected chi connectivity index (χ1v) is 10.7. The van der Waals surface area contributed by atoms with Crippen molar-refractivity contribution in [3.05, 3.63) is 118 Å². The van der Waals surface area contributed by atoms with Gasteiger partial charge in [0.1, 0.15) is 0 Å². The summed E-state index contributed by atoms with van der Waals surface area (Å²) in [6.45, 7) is 16.4. The Labute approximate surface area is 201 Å². The third kappa shape index (κ3) is 12.3. The molecule has 4 heterocycles. The first kappa shape index (κ1) is 29.6. The van der Waals surface area contributed by atoms with Gasteiger partial charge in [-0.2, -0.15) is 0 Å². The SMILES string of the molecule is C.Cc1cccnc1C.Cc1cccnc1C.Cc1ccncc1C.Cc1ccncc1C. The Morgan fingerprint density at radius 3 is 0.970 bits per heavy atom. The van der Waals surface area contributed by atoms with Crippen LogP contribution in [0.15, 0.2) is 73.6 Å². The van der Waals surface area contributed by atoms with Crippen molar-refractivity contribution in [2.75, 3.05) is 0 Å². The molecule has 0 atom stereocenters. The van der Waals surface area contributed by atoms with Gasteiger partial charge in [-0.1, -0.05) is 19.6 Å². The normalized spacial score (nSPS) is 8.97. The second-order valence-electron chi connectivity index (χ2n) is 7.73. The van der Waals surface area contributed by atoms with Gasteiger partial charge < -0.3 is 0 Å². The third-order valence-corrected chi connectivity index (χ3v) is 5.14. The van der Waals surface area contributed by atoms with E-state index in [-0.39, 0.29) is 7.43 Å². The molecule has 33 heavy (non-hydrogen) atoms. The minimum absolute atomic E-state index is 0. The Bertz CT molecular complexity index is 816. The Morgan fingerprint density at radius 2 is 0.788 bits per heavy atom. The molecule has 0 unspecified atom stereocenters. The van der Waals surface area contributed by atoms with E-state index in [1.807, 2.05) is 75.3 Å². The molecule has 4 nitrogen and oxygen atoms in total. The fourth-order valence-corrected chi connectivity index (χ4v) is 2.22. The van der Waals surface area contributed by atoms with E-state index in [1.54, 1.807) is 0 Å². The third-order valence-electron chi connectivity index (χ3n) is 5.14. The minimum Gasteiger partial charge on any atom is -0.264 e. The Morgan fingerprint density at radius 1 is 0.424 bits per heavy atom. The molecule has 0 N–H and O–H groups in total. The van der Waals surface area contributed by atoms with Gasteiger partial charge in [-0.25, -0.2) is 0 Å². The number of pyridine rings is 4. The highest BCUT2D eigenvalue weighted by molar-refractivity contribution is 5.19. The van der Waals surface area contributed by atoms with Crippen molar-refractivity contribution >= 4 is 0 Å². The van der Waals surface area contributed by atoms with E-state index in [4.69, 9.17) is 0 Å². The molecule has 4 aromatic rings. The lowest BCUT2D eigenvalue weighted by atomic mass is 10.2. The van der Waals surface area contributed by atoms with Crippen molar-refractivity contribution in [1.82, 2.24) is 19.9 Å². The molecular weight excluding hydrogens is 404 g/mol. The quantitative estimate of drug-likeness (QED) is 0.283. The molecule has 0 aliphatic heterocycles.